The second kappa shape index (κ2) is 7.89. The van der Waals surface area contributed by atoms with Crippen molar-refractivity contribution >= 4 is 29.3 Å². The molecule has 20 heavy (non-hydrogen) atoms. The molecule has 1 saturated carbocycles. The van der Waals surface area contributed by atoms with Gasteiger partial charge in [0.15, 0.2) is 0 Å². The molecule has 0 radical (unpaired) electrons. The average molecular weight is 316 g/mol. The average Bonchev–Trinajstić information content (AvgIpc) is 2.95. The predicted molar refractivity (Wildman–Crippen MR) is 82.5 cm³/mol. The Morgan fingerprint density at radius 2 is 2.15 bits per heavy atom. The molecule has 1 N–H and O–H groups in total. The van der Waals surface area contributed by atoms with Crippen LogP contribution in [0.2, 0.25) is 5.02 Å². The van der Waals surface area contributed by atoms with Gasteiger partial charge in [0.25, 0.3) is 0 Å². The van der Waals surface area contributed by atoms with Crippen molar-refractivity contribution in [3.8, 4) is 0 Å². The van der Waals surface area contributed by atoms with E-state index in [1.54, 1.807) is 23.9 Å². The number of hydrogen-bond donors (Lipinski definition) is 1. The summed E-state index contributed by atoms with van der Waals surface area (Å²) >= 11 is 7.54. The quantitative estimate of drug-likeness (QED) is 0.803. The molecule has 1 aromatic carbocycles. The first-order valence-electron chi connectivity index (χ1n) is 6.97. The van der Waals surface area contributed by atoms with Gasteiger partial charge in [0.1, 0.15) is 5.82 Å². The van der Waals surface area contributed by atoms with Crippen LogP contribution < -0.4 is 5.32 Å². The summed E-state index contributed by atoms with van der Waals surface area (Å²) in [6, 6.07) is 4.72. The minimum Gasteiger partial charge on any atom is -0.355 e. The number of thioether (sulfide) groups is 1. The lowest BCUT2D eigenvalue weighted by Crippen LogP contribution is -2.31. The van der Waals surface area contributed by atoms with Gasteiger partial charge in [-0.05, 0) is 25.0 Å². The first-order chi connectivity index (χ1) is 9.68. The second-order valence-electron chi connectivity index (χ2n) is 5.03. The summed E-state index contributed by atoms with van der Waals surface area (Å²) in [5, 5.41) is 3.42. The fourth-order valence-corrected chi connectivity index (χ4v) is 3.62. The minimum atomic E-state index is -0.264. The smallest absolute Gasteiger partial charge is 0.223 e. The fourth-order valence-electron chi connectivity index (χ4n) is 2.42. The zero-order chi connectivity index (χ0) is 14.4. The molecular formula is C15H19ClFNOS. The standard InChI is InChI=1S/C15H19ClFNOS/c16-13-6-3-7-14(17)12(13)10-20-9-8-18-15(19)11-4-1-2-5-11/h3,6-7,11H,1-2,4-5,8-10H2,(H,18,19). The highest BCUT2D eigenvalue weighted by molar-refractivity contribution is 7.98. The molecule has 5 heteroatoms. The van der Waals surface area contributed by atoms with E-state index < -0.39 is 0 Å². The third-order valence-electron chi connectivity index (χ3n) is 3.58. The lowest BCUT2D eigenvalue weighted by atomic mass is 10.1. The third kappa shape index (κ3) is 4.38. The Morgan fingerprint density at radius 1 is 1.40 bits per heavy atom. The number of halogens is 2. The summed E-state index contributed by atoms with van der Waals surface area (Å²) in [6.07, 6.45) is 4.37. The molecule has 0 aromatic heterocycles. The summed E-state index contributed by atoms with van der Waals surface area (Å²) in [7, 11) is 0. The topological polar surface area (TPSA) is 29.1 Å². The van der Waals surface area contributed by atoms with Crippen molar-refractivity contribution < 1.29 is 9.18 Å². The first-order valence-corrected chi connectivity index (χ1v) is 8.50. The largest absolute Gasteiger partial charge is 0.355 e. The summed E-state index contributed by atoms with van der Waals surface area (Å²) < 4.78 is 13.5. The van der Waals surface area contributed by atoms with Crippen molar-refractivity contribution in [2.75, 3.05) is 12.3 Å². The number of benzene rings is 1. The van der Waals surface area contributed by atoms with Crippen LogP contribution in [0.4, 0.5) is 4.39 Å². The van der Waals surface area contributed by atoms with Crippen LogP contribution in [0.15, 0.2) is 18.2 Å². The summed E-state index contributed by atoms with van der Waals surface area (Å²) in [4.78, 5) is 11.8. The van der Waals surface area contributed by atoms with E-state index in [9.17, 15) is 9.18 Å². The summed E-state index contributed by atoms with van der Waals surface area (Å²) in [5.41, 5.74) is 0.543. The van der Waals surface area contributed by atoms with Crippen LogP contribution in [0.1, 0.15) is 31.2 Å². The summed E-state index contributed by atoms with van der Waals surface area (Å²) in [5.74, 6) is 1.42. The van der Waals surface area contributed by atoms with Crippen molar-refractivity contribution in [2.45, 2.75) is 31.4 Å². The van der Waals surface area contributed by atoms with E-state index in [4.69, 9.17) is 11.6 Å². The number of nitrogens with one attached hydrogen (secondary N) is 1. The molecule has 0 saturated heterocycles. The molecule has 1 aliphatic rings. The van der Waals surface area contributed by atoms with Gasteiger partial charge in [0, 0.05) is 34.6 Å². The van der Waals surface area contributed by atoms with Crippen LogP contribution in [0.25, 0.3) is 0 Å². The van der Waals surface area contributed by atoms with Crippen LogP contribution in [0.5, 0.6) is 0 Å². The number of rotatable bonds is 6. The highest BCUT2D eigenvalue weighted by Gasteiger charge is 2.21. The Hall–Kier alpha value is -0.740. The highest BCUT2D eigenvalue weighted by atomic mass is 35.5. The molecule has 1 amide bonds. The van der Waals surface area contributed by atoms with Crippen LogP contribution in [0, 0.1) is 11.7 Å². The van der Waals surface area contributed by atoms with Gasteiger partial charge in [0.05, 0.1) is 0 Å². The van der Waals surface area contributed by atoms with Crippen molar-refractivity contribution in [1.29, 1.82) is 0 Å². The fraction of sp³-hybridized carbons (Fsp3) is 0.533. The second-order valence-corrected chi connectivity index (χ2v) is 6.54. The zero-order valence-corrected chi connectivity index (χ0v) is 12.9. The Labute approximate surface area is 128 Å². The maximum Gasteiger partial charge on any atom is 0.223 e. The molecule has 0 atom stereocenters. The van der Waals surface area contributed by atoms with E-state index in [1.165, 1.54) is 18.9 Å². The Kier molecular flexibility index (Phi) is 6.17. The molecule has 0 aliphatic heterocycles. The zero-order valence-electron chi connectivity index (χ0n) is 11.3. The van der Waals surface area contributed by atoms with Crippen LogP contribution in [-0.2, 0) is 10.5 Å². The van der Waals surface area contributed by atoms with Gasteiger partial charge in [0.2, 0.25) is 5.91 Å². The van der Waals surface area contributed by atoms with Gasteiger partial charge in [-0.25, -0.2) is 4.39 Å². The molecule has 0 spiro atoms. The van der Waals surface area contributed by atoms with Gasteiger partial charge in [-0.1, -0.05) is 30.5 Å². The SMILES string of the molecule is O=C(NCCSCc1c(F)cccc1Cl)C1CCCC1. The summed E-state index contributed by atoms with van der Waals surface area (Å²) in [6.45, 7) is 0.631. The number of carbonyl (C=O) groups excluding carboxylic acids is 1. The monoisotopic (exact) mass is 315 g/mol. The number of amides is 1. The van der Waals surface area contributed by atoms with Gasteiger partial charge >= 0.3 is 0 Å². The van der Waals surface area contributed by atoms with Crippen LogP contribution >= 0.6 is 23.4 Å². The van der Waals surface area contributed by atoms with Crippen molar-refractivity contribution in [3.63, 3.8) is 0 Å². The van der Waals surface area contributed by atoms with Gasteiger partial charge in [-0.15, -0.1) is 0 Å². The van der Waals surface area contributed by atoms with E-state index in [1.807, 2.05) is 0 Å². The molecule has 0 unspecified atom stereocenters. The third-order valence-corrected chi connectivity index (χ3v) is 4.92. The van der Waals surface area contributed by atoms with Crippen molar-refractivity contribution in [2.24, 2.45) is 5.92 Å². The van der Waals surface area contributed by atoms with Gasteiger partial charge in [-0.3, -0.25) is 4.79 Å². The molecule has 2 nitrogen and oxygen atoms in total. The molecule has 0 heterocycles. The molecule has 0 bridgehead atoms. The minimum absolute atomic E-state index is 0.173. The predicted octanol–water partition coefficient (Wildman–Crippen LogP) is 4.02. The molecule has 2 rings (SSSR count). The van der Waals surface area contributed by atoms with Gasteiger partial charge < -0.3 is 5.32 Å². The number of hydrogen-bond acceptors (Lipinski definition) is 2. The van der Waals surface area contributed by atoms with E-state index >= 15 is 0 Å². The highest BCUT2D eigenvalue weighted by Crippen LogP contribution is 2.25. The number of carbonyl (C=O) groups is 1. The first kappa shape index (κ1) is 15.6. The molecule has 110 valence electrons. The van der Waals surface area contributed by atoms with Crippen molar-refractivity contribution in [1.82, 2.24) is 5.32 Å². The normalized spacial score (nSPS) is 15.5. The van der Waals surface area contributed by atoms with E-state index in [-0.39, 0.29) is 17.6 Å². The van der Waals surface area contributed by atoms with Crippen LogP contribution in [-0.4, -0.2) is 18.2 Å². The molecule has 1 fully saturated rings. The van der Waals surface area contributed by atoms with Crippen molar-refractivity contribution in [3.05, 3.63) is 34.6 Å². The lowest BCUT2D eigenvalue weighted by molar-refractivity contribution is -0.124. The maximum atomic E-state index is 13.5. The van der Waals surface area contributed by atoms with Crippen LogP contribution in [0.3, 0.4) is 0 Å². The Morgan fingerprint density at radius 3 is 2.85 bits per heavy atom. The van der Waals surface area contributed by atoms with E-state index in [2.05, 4.69) is 5.32 Å². The molecular weight excluding hydrogens is 297 g/mol. The molecule has 1 aromatic rings. The Balaban J connectivity index is 1.65. The lowest BCUT2D eigenvalue weighted by Gasteiger charge is -2.10. The van der Waals surface area contributed by atoms with Gasteiger partial charge in [-0.2, -0.15) is 11.8 Å². The van der Waals surface area contributed by atoms with E-state index in [0.29, 0.717) is 22.9 Å². The maximum absolute atomic E-state index is 13.5. The van der Waals surface area contributed by atoms with E-state index in [0.717, 1.165) is 18.6 Å². The Bertz CT molecular complexity index is 443. The molecule has 1 aliphatic carbocycles.